The highest BCUT2D eigenvalue weighted by Gasteiger charge is 2.19. The Kier molecular flexibility index (Phi) is 7.22. The van der Waals surface area contributed by atoms with E-state index < -0.39 is 0 Å². The highest BCUT2D eigenvalue weighted by atomic mass is 35.5. The minimum atomic E-state index is 0.469. The van der Waals surface area contributed by atoms with Crippen LogP contribution in [0.4, 0.5) is 0 Å². The van der Waals surface area contributed by atoms with Crippen LogP contribution in [0.5, 0.6) is 0 Å². The Labute approximate surface area is 154 Å². The van der Waals surface area contributed by atoms with Crippen molar-refractivity contribution in [2.45, 2.75) is 19.5 Å². The van der Waals surface area contributed by atoms with Crippen molar-refractivity contribution in [3.8, 4) is 0 Å². The predicted octanol–water partition coefficient (Wildman–Crippen LogP) is 1.63. The molecule has 6 nitrogen and oxygen atoms in total. The minimum Gasteiger partial charge on any atom is -0.355 e. The first kappa shape index (κ1) is 19.4. The van der Waals surface area contributed by atoms with E-state index in [1.807, 2.05) is 17.7 Å². The van der Waals surface area contributed by atoms with Gasteiger partial charge in [-0.15, -0.1) is 0 Å². The molecule has 2 rings (SSSR count). The van der Waals surface area contributed by atoms with Gasteiger partial charge in [0, 0.05) is 58.6 Å². The van der Waals surface area contributed by atoms with Crippen LogP contribution in [0.1, 0.15) is 12.6 Å². The summed E-state index contributed by atoms with van der Waals surface area (Å²) in [6, 6.07) is 2.34. The molecule has 0 bridgehead atoms. The monoisotopic (exact) mass is 374 g/mol. The third-order valence-corrected chi connectivity index (χ3v) is 5.44. The molecule has 1 aromatic heterocycles. The van der Waals surface area contributed by atoms with Crippen LogP contribution >= 0.6 is 23.2 Å². The zero-order valence-corrected chi connectivity index (χ0v) is 16.5. The van der Waals surface area contributed by atoms with E-state index >= 15 is 0 Å². The van der Waals surface area contributed by atoms with Crippen LogP contribution in [-0.4, -0.2) is 73.2 Å². The molecule has 1 aliphatic heterocycles. The second kappa shape index (κ2) is 8.94. The van der Waals surface area contributed by atoms with Crippen LogP contribution in [0.15, 0.2) is 11.1 Å². The molecule has 1 saturated heterocycles. The van der Waals surface area contributed by atoms with E-state index in [1.54, 1.807) is 7.05 Å². The molecule has 1 aliphatic rings. The number of rotatable bonds is 5. The quantitative estimate of drug-likeness (QED) is 0.607. The summed E-state index contributed by atoms with van der Waals surface area (Å²) < 4.78 is 1.87. The van der Waals surface area contributed by atoms with Crippen molar-refractivity contribution in [3.05, 3.63) is 21.9 Å². The van der Waals surface area contributed by atoms with Crippen LogP contribution in [0.2, 0.25) is 10.2 Å². The molecule has 0 saturated carbocycles. The van der Waals surface area contributed by atoms with Crippen LogP contribution in [-0.2, 0) is 13.6 Å². The molecule has 1 aromatic rings. The number of piperazine rings is 1. The molecule has 24 heavy (non-hydrogen) atoms. The van der Waals surface area contributed by atoms with Crippen molar-refractivity contribution in [2.75, 3.05) is 46.8 Å². The average molecular weight is 375 g/mol. The highest BCUT2D eigenvalue weighted by molar-refractivity contribution is 6.41. The van der Waals surface area contributed by atoms with Gasteiger partial charge in [-0.25, -0.2) is 0 Å². The summed E-state index contributed by atoms with van der Waals surface area (Å²) in [7, 11) is 5.85. The number of hydrogen-bond acceptors (Lipinski definition) is 3. The smallest absolute Gasteiger partial charge is 0.191 e. The van der Waals surface area contributed by atoms with E-state index in [4.69, 9.17) is 23.2 Å². The van der Waals surface area contributed by atoms with Crippen LogP contribution in [0.3, 0.4) is 0 Å². The SMILES string of the molecule is CN=C(NCc1cc(Cl)c(Cl)n1C)NCC(C)N1CCN(C)CC1. The Morgan fingerprint density at radius 3 is 2.42 bits per heavy atom. The van der Waals surface area contributed by atoms with Crippen LogP contribution in [0.25, 0.3) is 0 Å². The molecule has 1 fully saturated rings. The molecule has 0 spiro atoms. The second-order valence-electron chi connectivity index (χ2n) is 6.33. The summed E-state index contributed by atoms with van der Waals surface area (Å²) in [5.74, 6) is 0.782. The van der Waals surface area contributed by atoms with Crippen molar-refractivity contribution in [3.63, 3.8) is 0 Å². The van der Waals surface area contributed by atoms with Gasteiger partial charge in [0.15, 0.2) is 5.96 Å². The highest BCUT2D eigenvalue weighted by Crippen LogP contribution is 2.24. The topological polar surface area (TPSA) is 47.8 Å². The normalized spacial score (nSPS) is 18.7. The molecule has 136 valence electrons. The van der Waals surface area contributed by atoms with Crippen molar-refractivity contribution >= 4 is 29.2 Å². The summed E-state index contributed by atoms with van der Waals surface area (Å²) in [4.78, 5) is 9.16. The molecule has 8 heteroatoms. The summed E-state index contributed by atoms with van der Waals surface area (Å²) in [6.07, 6.45) is 0. The van der Waals surface area contributed by atoms with Gasteiger partial charge in [-0.2, -0.15) is 0 Å². The van der Waals surface area contributed by atoms with Gasteiger partial charge in [0.25, 0.3) is 0 Å². The standard InChI is InChI=1S/C16H28Cl2N6/c1-12(24-7-5-22(3)6-8-24)10-20-16(19-2)21-11-13-9-14(17)15(18)23(13)4/h9,12H,5-8,10-11H2,1-4H3,(H2,19,20,21). The Morgan fingerprint density at radius 2 is 1.88 bits per heavy atom. The molecule has 1 atom stereocenters. The molecule has 1 unspecified atom stereocenters. The second-order valence-corrected chi connectivity index (χ2v) is 7.09. The maximum atomic E-state index is 6.09. The maximum Gasteiger partial charge on any atom is 0.191 e. The van der Waals surface area contributed by atoms with E-state index in [9.17, 15) is 0 Å². The first-order chi connectivity index (χ1) is 11.4. The van der Waals surface area contributed by atoms with E-state index in [0.29, 0.717) is 22.8 Å². The van der Waals surface area contributed by atoms with Gasteiger partial charge in [0.05, 0.1) is 11.6 Å². The van der Waals surface area contributed by atoms with Gasteiger partial charge in [0.2, 0.25) is 0 Å². The maximum absolute atomic E-state index is 6.09. The zero-order chi connectivity index (χ0) is 17.7. The lowest BCUT2D eigenvalue weighted by Crippen LogP contribution is -2.52. The third-order valence-electron chi connectivity index (χ3n) is 4.60. The van der Waals surface area contributed by atoms with Crippen LogP contribution < -0.4 is 10.6 Å². The number of guanidine groups is 1. The van der Waals surface area contributed by atoms with Gasteiger partial charge in [-0.3, -0.25) is 9.89 Å². The molecular weight excluding hydrogens is 347 g/mol. The minimum absolute atomic E-state index is 0.469. The third kappa shape index (κ3) is 5.02. The molecular formula is C16H28Cl2N6. The van der Waals surface area contributed by atoms with E-state index in [1.165, 1.54) is 0 Å². The first-order valence-electron chi connectivity index (χ1n) is 8.29. The summed E-state index contributed by atoms with van der Waals surface area (Å²) in [5.41, 5.74) is 1.01. The van der Waals surface area contributed by atoms with E-state index in [2.05, 4.69) is 39.4 Å². The van der Waals surface area contributed by atoms with Gasteiger partial charge < -0.3 is 20.1 Å². The average Bonchev–Trinajstić information content (AvgIpc) is 2.82. The fraction of sp³-hybridized carbons (Fsp3) is 0.688. The number of hydrogen-bond donors (Lipinski definition) is 2. The van der Waals surface area contributed by atoms with E-state index in [0.717, 1.165) is 44.4 Å². The Morgan fingerprint density at radius 1 is 1.21 bits per heavy atom. The fourth-order valence-corrected chi connectivity index (χ4v) is 3.21. The fourth-order valence-electron chi connectivity index (χ4n) is 2.79. The Bertz CT molecular complexity index is 563. The van der Waals surface area contributed by atoms with Gasteiger partial charge >= 0.3 is 0 Å². The predicted molar refractivity (Wildman–Crippen MR) is 102 cm³/mol. The number of halogens is 2. The van der Waals surface area contributed by atoms with Gasteiger partial charge in [-0.05, 0) is 20.0 Å². The number of nitrogens with one attached hydrogen (secondary N) is 2. The number of likely N-dealkylation sites (N-methyl/N-ethyl adjacent to an activating group) is 1. The molecule has 2 heterocycles. The van der Waals surface area contributed by atoms with Crippen molar-refractivity contribution in [1.82, 2.24) is 25.0 Å². The molecule has 0 radical (unpaired) electrons. The first-order valence-corrected chi connectivity index (χ1v) is 9.04. The molecule has 2 N–H and O–H groups in total. The largest absolute Gasteiger partial charge is 0.355 e. The van der Waals surface area contributed by atoms with Gasteiger partial charge in [0.1, 0.15) is 5.15 Å². The van der Waals surface area contributed by atoms with Crippen molar-refractivity contribution in [2.24, 2.45) is 12.0 Å². The lowest BCUT2D eigenvalue weighted by atomic mass is 10.2. The molecule has 0 amide bonds. The van der Waals surface area contributed by atoms with Crippen molar-refractivity contribution < 1.29 is 0 Å². The lowest BCUT2D eigenvalue weighted by molar-refractivity contribution is 0.120. The summed E-state index contributed by atoms with van der Waals surface area (Å²) >= 11 is 12.1. The Balaban J connectivity index is 1.79. The summed E-state index contributed by atoms with van der Waals surface area (Å²) in [5, 5.41) is 7.83. The summed E-state index contributed by atoms with van der Waals surface area (Å²) in [6.45, 7) is 8.22. The lowest BCUT2D eigenvalue weighted by Gasteiger charge is -2.36. The number of aromatic nitrogens is 1. The molecule has 0 aliphatic carbocycles. The van der Waals surface area contributed by atoms with Crippen molar-refractivity contribution in [1.29, 1.82) is 0 Å². The number of nitrogens with zero attached hydrogens (tertiary/aromatic N) is 4. The number of aliphatic imine (C=N–C) groups is 1. The molecule has 0 aromatic carbocycles. The van der Waals surface area contributed by atoms with Crippen LogP contribution in [0, 0.1) is 0 Å². The van der Waals surface area contributed by atoms with Gasteiger partial charge in [-0.1, -0.05) is 23.2 Å². The van der Waals surface area contributed by atoms with E-state index in [-0.39, 0.29) is 0 Å². The zero-order valence-electron chi connectivity index (χ0n) is 14.9. The Hall–Kier alpha value is -0.950.